The van der Waals surface area contributed by atoms with Crippen LogP contribution in [0.4, 0.5) is 4.39 Å². The minimum Gasteiger partial charge on any atom is -0.497 e. The second-order valence-electron chi connectivity index (χ2n) is 5.18. The summed E-state index contributed by atoms with van der Waals surface area (Å²) >= 11 is 0. The summed E-state index contributed by atoms with van der Waals surface area (Å²) in [4.78, 5) is 25.2. The largest absolute Gasteiger partial charge is 0.497 e. The molecule has 1 aromatic rings. The molecule has 1 N–H and O–H groups in total. The van der Waals surface area contributed by atoms with E-state index in [0.717, 1.165) is 0 Å². The number of nitrogens with zero attached hydrogens (tertiary/aromatic N) is 1. The number of halogens is 1. The predicted octanol–water partition coefficient (Wildman–Crippen LogP) is 1.07. The van der Waals surface area contributed by atoms with Gasteiger partial charge in [-0.25, -0.2) is 4.39 Å². The Kier molecular flexibility index (Phi) is 3.65. The number of nitrogens with one attached hydrogen (secondary N) is 1. The Labute approximate surface area is 116 Å². The van der Waals surface area contributed by atoms with Gasteiger partial charge < -0.3 is 15.0 Å². The number of benzene rings is 1. The molecular formula is C14H17FN2O3. The number of methoxy groups -OCH3 is 1. The molecule has 20 heavy (non-hydrogen) atoms. The first-order chi connectivity index (χ1) is 9.36. The zero-order valence-corrected chi connectivity index (χ0v) is 11.7. The normalized spacial score (nSPS) is 17.9. The van der Waals surface area contributed by atoms with Crippen molar-refractivity contribution in [1.82, 2.24) is 10.2 Å². The molecule has 0 radical (unpaired) electrons. The van der Waals surface area contributed by atoms with Gasteiger partial charge in [-0.3, -0.25) is 9.59 Å². The van der Waals surface area contributed by atoms with Gasteiger partial charge in [0.05, 0.1) is 13.7 Å². The van der Waals surface area contributed by atoms with Crippen molar-refractivity contribution >= 4 is 11.8 Å². The smallest absolute Gasteiger partial charge is 0.245 e. The number of carbonyl (C=O) groups is 2. The van der Waals surface area contributed by atoms with Crippen molar-refractivity contribution < 1.29 is 18.7 Å². The van der Waals surface area contributed by atoms with Crippen molar-refractivity contribution in [2.75, 3.05) is 13.7 Å². The van der Waals surface area contributed by atoms with E-state index in [4.69, 9.17) is 4.74 Å². The number of hydrogen-bond donors (Lipinski definition) is 1. The third-order valence-electron chi connectivity index (χ3n) is 3.52. The standard InChI is InChI=1S/C14H17FN2O3/c1-14(2)13(19)16-7-12(18)17(14)8-9-4-5-10(20-3)6-11(9)15/h4-6H,7-8H2,1-3H3,(H,16,19). The molecule has 1 aliphatic rings. The SMILES string of the molecule is COc1ccc(CN2C(=O)CNC(=O)C2(C)C)c(F)c1. The molecule has 1 heterocycles. The molecule has 0 aliphatic carbocycles. The second kappa shape index (κ2) is 5.11. The topological polar surface area (TPSA) is 58.6 Å². The molecule has 0 aromatic heterocycles. The van der Waals surface area contributed by atoms with E-state index in [9.17, 15) is 14.0 Å². The summed E-state index contributed by atoms with van der Waals surface area (Å²) in [7, 11) is 1.45. The third kappa shape index (κ3) is 2.45. The van der Waals surface area contributed by atoms with Gasteiger partial charge in [0.2, 0.25) is 11.8 Å². The molecule has 1 saturated heterocycles. The highest BCUT2D eigenvalue weighted by molar-refractivity contribution is 5.97. The van der Waals surface area contributed by atoms with E-state index in [1.165, 1.54) is 18.1 Å². The Morgan fingerprint density at radius 3 is 2.70 bits per heavy atom. The van der Waals surface area contributed by atoms with Crippen molar-refractivity contribution in [3.05, 3.63) is 29.6 Å². The molecule has 108 valence electrons. The fourth-order valence-electron chi connectivity index (χ4n) is 2.14. The first kappa shape index (κ1) is 14.3. The van der Waals surface area contributed by atoms with Gasteiger partial charge in [0.1, 0.15) is 17.1 Å². The number of ether oxygens (including phenoxy) is 1. The van der Waals surface area contributed by atoms with Crippen LogP contribution in [0.3, 0.4) is 0 Å². The predicted molar refractivity (Wildman–Crippen MR) is 70.6 cm³/mol. The molecule has 0 unspecified atom stereocenters. The molecule has 5 nitrogen and oxygen atoms in total. The highest BCUT2D eigenvalue weighted by atomic mass is 19.1. The maximum absolute atomic E-state index is 13.9. The Balaban J connectivity index is 2.27. The maximum Gasteiger partial charge on any atom is 0.245 e. The molecular weight excluding hydrogens is 263 g/mol. The summed E-state index contributed by atoms with van der Waals surface area (Å²) < 4.78 is 18.9. The number of carbonyl (C=O) groups excluding carboxylic acids is 2. The highest BCUT2D eigenvalue weighted by Crippen LogP contribution is 2.24. The first-order valence-electron chi connectivity index (χ1n) is 6.27. The molecule has 2 rings (SSSR count). The zero-order valence-electron chi connectivity index (χ0n) is 11.7. The average molecular weight is 280 g/mol. The van der Waals surface area contributed by atoms with Gasteiger partial charge in [-0.1, -0.05) is 6.07 Å². The lowest BCUT2D eigenvalue weighted by Crippen LogP contribution is -2.63. The number of amides is 2. The second-order valence-corrected chi connectivity index (χ2v) is 5.18. The highest BCUT2D eigenvalue weighted by Gasteiger charge is 2.41. The van der Waals surface area contributed by atoms with Crippen LogP contribution in [0.25, 0.3) is 0 Å². The molecule has 1 aliphatic heterocycles. The van der Waals surface area contributed by atoms with Gasteiger partial charge in [0, 0.05) is 18.2 Å². The van der Waals surface area contributed by atoms with E-state index in [1.54, 1.807) is 26.0 Å². The van der Waals surface area contributed by atoms with Gasteiger partial charge in [-0.05, 0) is 19.9 Å². The summed E-state index contributed by atoms with van der Waals surface area (Å²) in [5.74, 6) is -0.525. The van der Waals surface area contributed by atoms with Crippen LogP contribution in [0, 0.1) is 5.82 Å². The fraction of sp³-hybridized carbons (Fsp3) is 0.429. The summed E-state index contributed by atoms with van der Waals surface area (Å²) in [6.45, 7) is 3.27. The minimum atomic E-state index is -0.998. The van der Waals surface area contributed by atoms with Crippen LogP contribution in [-0.4, -0.2) is 35.9 Å². The van der Waals surface area contributed by atoms with E-state index < -0.39 is 11.4 Å². The summed E-state index contributed by atoms with van der Waals surface area (Å²) in [6.07, 6.45) is 0. The Bertz CT molecular complexity index is 557. The van der Waals surface area contributed by atoms with Crippen LogP contribution in [0.2, 0.25) is 0 Å². The molecule has 1 aromatic carbocycles. The fourth-order valence-corrected chi connectivity index (χ4v) is 2.14. The molecule has 6 heteroatoms. The molecule has 0 spiro atoms. The van der Waals surface area contributed by atoms with Crippen LogP contribution in [0.1, 0.15) is 19.4 Å². The molecule has 0 bridgehead atoms. The zero-order chi connectivity index (χ0) is 14.9. The Morgan fingerprint density at radius 1 is 1.40 bits per heavy atom. The van der Waals surface area contributed by atoms with Crippen molar-refractivity contribution in [2.45, 2.75) is 25.9 Å². The van der Waals surface area contributed by atoms with E-state index in [0.29, 0.717) is 11.3 Å². The Morgan fingerprint density at radius 2 is 2.10 bits per heavy atom. The van der Waals surface area contributed by atoms with Crippen molar-refractivity contribution in [2.24, 2.45) is 0 Å². The van der Waals surface area contributed by atoms with Crippen molar-refractivity contribution in [3.8, 4) is 5.75 Å². The minimum absolute atomic E-state index is 0.0507. The molecule has 0 atom stereocenters. The molecule has 2 amide bonds. The van der Waals surface area contributed by atoms with E-state index in [2.05, 4.69) is 5.32 Å². The van der Waals surface area contributed by atoms with Crippen molar-refractivity contribution in [3.63, 3.8) is 0 Å². The first-order valence-corrected chi connectivity index (χ1v) is 6.27. The van der Waals surface area contributed by atoms with Crippen molar-refractivity contribution in [1.29, 1.82) is 0 Å². The lowest BCUT2D eigenvalue weighted by Gasteiger charge is -2.41. The van der Waals surface area contributed by atoms with E-state index in [-0.39, 0.29) is 24.9 Å². The number of hydrogen-bond acceptors (Lipinski definition) is 3. The van der Waals surface area contributed by atoms with Gasteiger partial charge in [0.25, 0.3) is 0 Å². The summed E-state index contributed by atoms with van der Waals surface area (Å²) in [6, 6.07) is 4.45. The van der Waals surface area contributed by atoms with Gasteiger partial charge in [0.15, 0.2) is 0 Å². The summed E-state index contributed by atoms with van der Waals surface area (Å²) in [5.41, 5.74) is -0.649. The van der Waals surface area contributed by atoms with Crippen LogP contribution >= 0.6 is 0 Å². The van der Waals surface area contributed by atoms with Crippen LogP contribution in [0.5, 0.6) is 5.75 Å². The third-order valence-corrected chi connectivity index (χ3v) is 3.52. The van der Waals surface area contributed by atoms with Gasteiger partial charge in [-0.15, -0.1) is 0 Å². The molecule has 1 fully saturated rings. The Hall–Kier alpha value is -2.11. The summed E-state index contributed by atoms with van der Waals surface area (Å²) in [5, 5.41) is 2.53. The number of piperazine rings is 1. The van der Waals surface area contributed by atoms with Crippen LogP contribution < -0.4 is 10.1 Å². The quantitative estimate of drug-likeness (QED) is 0.901. The maximum atomic E-state index is 13.9. The van der Waals surface area contributed by atoms with Gasteiger partial charge in [-0.2, -0.15) is 0 Å². The van der Waals surface area contributed by atoms with E-state index >= 15 is 0 Å². The lowest BCUT2D eigenvalue weighted by molar-refractivity contribution is -0.152. The average Bonchev–Trinajstić information content (AvgIpc) is 2.41. The van der Waals surface area contributed by atoms with Crippen LogP contribution in [-0.2, 0) is 16.1 Å². The van der Waals surface area contributed by atoms with Crippen LogP contribution in [0.15, 0.2) is 18.2 Å². The lowest BCUT2D eigenvalue weighted by atomic mass is 9.97. The van der Waals surface area contributed by atoms with E-state index in [1.807, 2.05) is 0 Å². The monoisotopic (exact) mass is 280 g/mol. The number of rotatable bonds is 3. The molecule has 0 saturated carbocycles. The van der Waals surface area contributed by atoms with Gasteiger partial charge >= 0.3 is 0 Å².